The molecular formula is C13H15N3O2S. The van der Waals surface area contributed by atoms with E-state index in [9.17, 15) is 4.79 Å². The lowest BCUT2D eigenvalue weighted by molar-refractivity contribution is 0.0697. The van der Waals surface area contributed by atoms with E-state index < -0.39 is 5.97 Å². The highest BCUT2D eigenvalue weighted by molar-refractivity contribution is 7.09. The Hall–Kier alpha value is -2.08. The van der Waals surface area contributed by atoms with Gasteiger partial charge in [-0.1, -0.05) is 0 Å². The first-order chi connectivity index (χ1) is 8.90. The van der Waals surface area contributed by atoms with Crippen molar-refractivity contribution in [3.05, 3.63) is 40.3 Å². The topological polar surface area (TPSA) is 88.2 Å². The van der Waals surface area contributed by atoms with Crippen LogP contribution in [0.25, 0.3) is 0 Å². The molecule has 1 aromatic heterocycles. The highest BCUT2D eigenvalue weighted by Crippen LogP contribution is 2.30. The molecule has 6 heteroatoms. The van der Waals surface area contributed by atoms with Gasteiger partial charge in [0.25, 0.3) is 0 Å². The normalized spacial score (nSPS) is 11.3. The molecule has 2 aromatic rings. The number of aromatic carboxylic acids is 1. The average molecular weight is 277 g/mol. The molecule has 0 aliphatic carbocycles. The lowest BCUT2D eigenvalue weighted by Gasteiger charge is -2.26. The minimum atomic E-state index is -0.988. The quantitative estimate of drug-likeness (QED) is 0.748. The van der Waals surface area contributed by atoms with Crippen molar-refractivity contribution >= 4 is 28.7 Å². The number of hydrogen-bond acceptors (Lipinski definition) is 5. The Kier molecular flexibility index (Phi) is 3.44. The van der Waals surface area contributed by atoms with E-state index in [1.165, 1.54) is 12.1 Å². The number of nitrogens with two attached hydrogens (primary N) is 1. The van der Waals surface area contributed by atoms with Crippen molar-refractivity contribution in [3.8, 4) is 0 Å². The molecule has 19 heavy (non-hydrogen) atoms. The molecule has 1 aromatic carbocycles. The van der Waals surface area contributed by atoms with Crippen molar-refractivity contribution in [3.63, 3.8) is 0 Å². The van der Waals surface area contributed by atoms with E-state index in [2.05, 4.69) is 10.3 Å². The summed E-state index contributed by atoms with van der Waals surface area (Å²) >= 11 is 1.55. The number of thiazole rings is 1. The molecule has 0 spiro atoms. The Morgan fingerprint density at radius 3 is 2.74 bits per heavy atom. The van der Waals surface area contributed by atoms with Gasteiger partial charge in [0.2, 0.25) is 0 Å². The highest BCUT2D eigenvalue weighted by Gasteiger charge is 2.23. The van der Waals surface area contributed by atoms with Gasteiger partial charge in [-0.25, -0.2) is 9.78 Å². The minimum absolute atomic E-state index is 0.176. The fraction of sp³-hybridized carbons (Fsp3) is 0.231. The largest absolute Gasteiger partial charge is 0.478 e. The zero-order valence-corrected chi connectivity index (χ0v) is 11.5. The van der Waals surface area contributed by atoms with Crippen LogP contribution in [-0.4, -0.2) is 16.1 Å². The van der Waals surface area contributed by atoms with Crippen LogP contribution in [0.3, 0.4) is 0 Å². The van der Waals surface area contributed by atoms with Crippen LogP contribution in [-0.2, 0) is 5.54 Å². The second kappa shape index (κ2) is 4.89. The second-order valence-electron chi connectivity index (χ2n) is 4.69. The van der Waals surface area contributed by atoms with Gasteiger partial charge in [0.05, 0.1) is 22.5 Å². The standard InChI is InChI=1S/C13H15N3O2S/c1-13(2,12-15-5-6-19-12)16-10-4-3-8(11(17)18)7-9(10)14/h3-7,16H,14H2,1-2H3,(H,17,18). The summed E-state index contributed by atoms with van der Waals surface area (Å²) in [5.74, 6) is -0.988. The summed E-state index contributed by atoms with van der Waals surface area (Å²) in [6, 6.07) is 4.65. The molecule has 1 heterocycles. The van der Waals surface area contributed by atoms with Crippen LogP contribution < -0.4 is 11.1 Å². The predicted molar refractivity (Wildman–Crippen MR) is 76.6 cm³/mol. The monoisotopic (exact) mass is 277 g/mol. The summed E-state index contributed by atoms with van der Waals surface area (Å²) in [6.07, 6.45) is 1.75. The fourth-order valence-corrected chi connectivity index (χ4v) is 2.45. The summed E-state index contributed by atoms with van der Waals surface area (Å²) in [4.78, 5) is 15.1. The van der Waals surface area contributed by atoms with Crippen molar-refractivity contribution in [2.45, 2.75) is 19.4 Å². The molecule has 0 aliphatic heterocycles. The fourth-order valence-electron chi connectivity index (χ4n) is 1.73. The smallest absolute Gasteiger partial charge is 0.335 e. The van der Waals surface area contributed by atoms with Crippen molar-refractivity contribution < 1.29 is 9.90 Å². The summed E-state index contributed by atoms with van der Waals surface area (Å²) in [5.41, 5.74) is 6.79. The van der Waals surface area contributed by atoms with E-state index in [0.29, 0.717) is 11.4 Å². The molecule has 0 saturated carbocycles. The Balaban J connectivity index is 2.27. The Bertz CT molecular complexity index is 594. The first-order valence-corrected chi connectivity index (χ1v) is 6.59. The molecule has 0 unspecified atom stereocenters. The second-order valence-corrected chi connectivity index (χ2v) is 5.59. The number of carboxylic acid groups (broad SMARTS) is 1. The Labute approximate surface area is 115 Å². The summed E-state index contributed by atoms with van der Waals surface area (Å²) < 4.78 is 0. The van der Waals surface area contributed by atoms with E-state index in [1.807, 2.05) is 19.2 Å². The van der Waals surface area contributed by atoms with Crippen LogP contribution in [0.1, 0.15) is 29.2 Å². The molecule has 0 saturated heterocycles. The first kappa shape index (κ1) is 13.4. The maximum atomic E-state index is 10.9. The summed E-state index contributed by atoms with van der Waals surface area (Å²) in [6.45, 7) is 3.99. The molecule has 0 aliphatic rings. The third kappa shape index (κ3) is 2.85. The third-order valence-electron chi connectivity index (χ3n) is 2.71. The maximum Gasteiger partial charge on any atom is 0.335 e. The van der Waals surface area contributed by atoms with Gasteiger partial charge in [-0.2, -0.15) is 0 Å². The number of hydrogen-bond donors (Lipinski definition) is 3. The van der Waals surface area contributed by atoms with E-state index in [0.717, 1.165) is 5.01 Å². The number of aromatic nitrogens is 1. The minimum Gasteiger partial charge on any atom is -0.478 e. The van der Waals surface area contributed by atoms with Gasteiger partial charge in [-0.05, 0) is 32.0 Å². The number of anilines is 2. The molecule has 0 amide bonds. The predicted octanol–water partition coefficient (Wildman–Crippen LogP) is 2.77. The van der Waals surface area contributed by atoms with Gasteiger partial charge in [0.1, 0.15) is 5.01 Å². The zero-order valence-electron chi connectivity index (χ0n) is 10.7. The lowest BCUT2D eigenvalue weighted by atomic mass is 10.1. The molecule has 2 rings (SSSR count). The molecule has 0 radical (unpaired) electrons. The first-order valence-electron chi connectivity index (χ1n) is 5.71. The van der Waals surface area contributed by atoms with E-state index in [1.54, 1.807) is 23.6 Å². The number of rotatable bonds is 4. The number of nitrogen functional groups attached to an aromatic ring is 1. The number of nitrogens with one attached hydrogen (secondary N) is 1. The average Bonchev–Trinajstić information content (AvgIpc) is 2.85. The zero-order chi connectivity index (χ0) is 14.0. The summed E-state index contributed by atoms with van der Waals surface area (Å²) in [7, 11) is 0. The van der Waals surface area contributed by atoms with Crippen molar-refractivity contribution in [2.75, 3.05) is 11.1 Å². The Morgan fingerprint density at radius 1 is 1.47 bits per heavy atom. The van der Waals surface area contributed by atoms with Crippen LogP contribution in [0, 0.1) is 0 Å². The molecule has 100 valence electrons. The van der Waals surface area contributed by atoms with Gasteiger partial charge < -0.3 is 16.2 Å². The van der Waals surface area contributed by atoms with Gasteiger partial charge in [-0.3, -0.25) is 0 Å². The van der Waals surface area contributed by atoms with Crippen molar-refractivity contribution in [1.29, 1.82) is 0 Å². The van der Waals surface area contributed by atoms with Gasteiger partial charge in [0, 0.05) is 11.6 Å². The van der Waals surface area contributed by atoms with Crippen LogP contribution >= 0.6 is 11.3 Å². The van der Waals surface area contributed by atoms with E-state index in [4.69, 9.17) is 10.8 Å². The van der Waals surface area contributed by atoms with Crippen LogP contribution in [0.4, 0.5) is 11.4 Å². The third-order valence-corrected chi connectivity index (χ3v) is 3.81. The van der Waals surface area contributed by atoms with Gasteiger partial charge in [0.15, 0.2) is 0 Å². The highest BCUT2D eigenvalue weighted by atomic mass is 32.1. The van der Waals surface area contributed by atoms with Gasteiger partial charge in [-0.15, -0.1) is 11.3 Å². The van der Waals surface area contributed by atoms with Crippen LogP contribution in [0.15, 0.2) is 29.8 Å². The number of carbonyl (C=O) groups is 1. The maximum absolute atomic E-state index is 10.9. The molecule has 0 fully saturated rings. The number of benzene rings is 1. The molecule has 4 N–H and O–H groups in total. The van der Waals surface area contributed by atoms with E-state index in [-0.39, 0.29) is 11.1 Å². The lowest BCUT2D eigenvalue weighted by Crippen LogP contribution is -2.28. The molecule has 0 atom stereocenters. The van der Waals surface area contributed by atoms with E-state index >= 15 is 0 Å². The Morgan fingerprint density at radius 2 is 2.21 bits per heavy atom. The van der Waals surface area contributed by atoms with Crippen LogP contribution in [0.5, 0.6) is 0 Å². The number of carboxylic acids is 1. The van der Waals surface area contributed by atoms with Crippen molar-refractivity contribution in [1.82, 2.24) is 4.98 Å². The molecular weight excluding hydrogens is 262 g/mol. The summed E-state index contributed by atoms with van der Waals surface area (Å²) in [5, 5.41) is 15.0. The van der Waals surface area contributed by atoms with Gasteiger partial charge >= 0.3 is 5.97 Å². The van der Waals surface area contributed by atoms with Crippen LogP contribution in [0.2, 0.25) is 0 Å². The molecule has 0 bridgehead atoms. The SMILES string of the molecule is CC(C)(Nc1ccc(C(=O)O)cc1N)c1nccs1. The van der Waals surface area contributed by atoms with Crippen molar-refractivity contribution in [2.24, 2.45) is 0 Å². The number of nitrogens with zero attached hydrogens (tertiary/aromatic N) is 1. The molecule has 5 nitrogen and oxygen atoms in total.